The van der Waals surface area contributed by atoms with Crippen molar-refractivity contribution in [1.29, 1.82) is 0 Å². The van der Waals surface area contributed by atoms with E-state index in [2.05, 4.69) is 53.1 Å². The van der Waals surface area contributed by atoms with E-state index < -0.39 is 0 Å². The zero-order chi connectivity index (χ0) is 26.3. The maximum absolute atomic E-state index is 6.23. The van der Waals surface area contributed by atoms with Gasteiger partial charge in [0.25, 0.3) is 0 Å². The van der Waals surface area contributed by atoms with Crippen LogP contribution in [-0.2, 0) is 28.9 Å². The zero-order valence-corrected chi connectivity index (χ0v) is 22.6. The summed E-state index contributed by atoms with van der Waals surface area (Å²) in [7, 11) is 0. The van der Waals surface area contributed by atoms with E-state index in [1.807, 2.05) is 13.0 Å². The minimum Gasteiger partial charge on any atom is -0.489 e. The first-order valence-corrected chi connectivity index (χ1v) is 13.7. The van der Waals surface area contributed by atoms with Crippen molar-refractivity contribution in [1.82, 2.24) is 14.9 Å². The van der Waals surface area contributed by atoms with Crippen LogP contribution in [0.5, 0.6) is 5.75 Å². The van der Waals surface area contributed by atoms with Crippen LogP contribution in [0.25, 0.3) is 11.3 Å². The molecule has 2 heterocycles. The molecule has 1 aliphatic carbocycles. The number of aromatic nitrogens is 2. The van der Waals surface area contributed by atoms with Crippen LogP contribution < -0.4 is 15.4 Å². The monoisotopic (exact) mass is 517 g/mol. The Balaban J connectivity index is 1.22. The van der Waals surface area contributed by atoms with Crippen LogP contribution in [0.4, 0.5) is 11.8 Å². The molecule has 1 fully saturated rings. The van der Waals surface area contributed by atoms with Crippen LogP contribution in [0.3, 0.4) is 0 Å². The summed E-state index contributed by atoms with van der Waals surface area (Å²) in [6.07, 6.45) is 1.83. The molecule has 8 nitrogen and oxygen atoms in total. The second-order valence-corrected chi connectivity index (χ2v) is 9.96. The molecule has 202 valence electrons. The van der Waals surface area contributed by atoms with E-state index >= 15 is 0 Å². The quantitative estimate of drug-likeness (QED) is 0.384. The normalized spacial score (nSPS) is 15.3. The molecule has 8 heteroatoms. The first-order valence-electron chi connectivity index (χ1n) is 13.7. The Morgan fingerprint density at radius 2 is 1.68 bits per heavy atom. The number of nitrogen functional groups attached to an aromatic ring is 1. The van der Waals surface area contributed by atoms with E-state index in [-0.39, 0.29) is 0 Å². The summed E-state index contributed by atoms with van der Waals surface area (Å²) in [5.74, 6) is 2.20. The Hall–Kier alpha value is -3.20. The molecule has 0 unspecified atom stereocenters. The smallest absolute Gasteiger partial charge is 0.222 e. The van der Waals surface area contributed by atoms with Crippen molar-refractivity contribution in [2.24, 2.45) is 0 Å². The van der Waals surface area contributed by atoms with Gasteiger partial charge in [0, 0.05) is 50.5 Å². The molecule has 0 atom stereocenters. The lowest BCUT2D eigenvalue weighted by Crippen LogP contribution is -2.48. The van der Waals surface area contributed by atoms with Gasteiger partial charge in [-0.3, -0.25) is 4.90 Å². The van der Waals surface area contributed by atoms with Crippen molar-refractivity contribution in [3.05, 3.63) is 64.7 Å². The lowest BCUT2D eigenvalue weighted by molar-refractivity contribution is 0.0422. The number of hydrogen-bond donors (Lipinski definition) is 1. The van der Waals surface area contributed by atoms with E-state index in [4.69, 9.17) is 29.9 Å². The van der Waals surface area contributed by atoms with Crippen molar-refractivity contribution >= 4 is 11.8 Å². The van der Waals surface area contributed by atoms with Gasteiger partial charge in [-0.05, 0) is 56.0 Å². The lowest BCUT2D eigenvalue weighted by atomic mass is 9.88. The highest BCUT2D eigenvalue weighted by molar-refractivity contribution is 5.76. The van der Waals surface area contributed by atoms with Crippen molar-refractivity contribution in [2.45, 2.75) is 33.3 Å². The number of benzene rings is 2. The molecule has 1 aliphatic heterocycles. The Labute approximate surface area is 225 Å². The van der Waals surface area contributed by atoms with Gasteiger partial charge in [-0.15, -0.1) is 0 Å². The molecule has 1 saturated heterocycles. The topological polar surface area (TPSA) is 86.0 Å². The largest absolute Gasteiger partial charge is 0.489 e. The molecular formula is C30H39N5O3. The van der Waals surface area contributed by atoms with Crippen LogP contribution in [0, 0.1) is 6.92 Å². The highest BCUT2D eigenvalue weighted by Gasteiger charge is 2.27. The summed E-state index contributed by atoms with van der Waals surface area (Å²) in [5, 5.41) is 0. The van der Waals surface area contributed by atoms with E-state index in [1.54, 1.807) is 0 Å². The van der Waals surface area contributed by atoms with Gasteiger partial charge in [-0.2, -0.15) is 4.98 Å². The SMILES string of the molecule is CCOCCOCCN1CCN(c2nc(N)nc3c2CCc2cc(OCc4ccc(C)cc4)ccc2-3)CC1. The van der Waals surface area contributed by atoms with Gasteiger partial charge in [0.05, 0.1) is 25.5 Å². The van der Waals surface area contributed by atoms with Crippen LogP contribution >= 0.6 is 0 Å². The first-order chi connectivity index (χ1) is 18.6. The number of rotatable bonds is 11. The summed E-state index contributed by atoms with van der Waals surface area (Å²) >= 11 is 0. The number of ether oxygens (including phenoxy) is 3. The van der Waals surface area contributed by atoms with E-state index in [1.165, 1.54) is 16.7 Å². The molecule has 3 aromatic rings. The van der Waals surface area contributed by atoms with Crippen LogP contribution in [0.15, 0.2) is 42.5 Å². The molecule has 0 saturated carbocycles. The number of piperazine rings is 1. The molecule has 38 heavy (non-hydrogen) atoms. The van der Waals surface area contributed by atoms with Gasteiger partial charge < -0.3 is 24.8 Å². The lowest BCUT2D eigenvalue weighted by Gasteiger charge is -2.37. The molecule has 2 N–H and O–H groups in total. The summed E-state index contributed by atoms with van der Waals surface area (Å²) in [6, 6.07) is 14.8. The first kappa shape index (κ1) is 26.4. The van der Waals surface area contributed by atoms with Gasteiger partial charge in [0.2, 0.25) is 5.95 Å². The fourth-order valence-corrected chi connectivity index (χ4v) is 5.15. The zero-order valence-electron chi connectivity index (χ0n) is 22.6. The van der Waals surface area contributed by atoms with Gasteiger partial charge >= 0.3 is 0 Å². The molecule has 0 radical (unpaired) electrons. The second-order valence-electron chi connectivity index (χ2n) is 9.96. The minimum atomic E-state index is 0.330. The maximum atomic E-state index is 6.23. The number of nitrogens with two attached hydrogens (primary N) is 1. The van der Waals surface area contributed by atoms with Crippen molar-refractivity contribution < 1.29 is 14.2 Å². The Kier molecular flexibility index (Phi) is 8.73. The van der Waals surface area contributed by atoms with Crippen LogP contribution in [0.2, 0.25) is 0 Å². The van der Waals surface area contributed by atoms with E-state index in [0.29, 0.717) is 25.8 Å². The molecule has 0 amide bonds. The molecule has 2 aromatic carbocycles. The van der Waals surface area contributed by atoms with Crippen LogP contribution in [0.1, 0.15) is 29.2 Å². The van der Waals surface area contributed by atoms with E-state index in [9.17, 15) is 0 Å². The van der Waals surface area contributed by atoms with Crippen LogP contribution in [-0.4, -0.2) is 74.0 Å². The highest BCUT2D eigenvalue weighted by Crippen LogP contribution is 2.38. The minimum absolute atomic E-state index is 0.330. The number of fused-ring (bicyclic) bond motifs is 3. The predicted octanol–water partition coefficient (Wildman–Crippen LogP) is 3.89. The Morgan fingerprint density at radius 1 is 0.895 bits per heavy atom. The summed E-state index contributed by atoms with van der Waals surface area (Å²) in [5.41, 5.74) is 13.2. The van der Waals surface area contributed by atoms with Crippen molar-refractivity contribution in [3.8, 4) is 17.0 Å². The fourth-order valence-electron chi connectivity index (χ4n) is 5.15. The summed E-state index contributed by atoms with van der Waals surface area (Å²) in [4.78, 5) is 14.2. The van der Waals surface area contributed by atoms with Gasteiger partial charge in [-0.1, -0.05) is 29.8 Å². The fraction of sp³-hybridized carbons (Fsp3) is 0.467. The number of anilines is 2. The van der Waals surface area contributed by atoms with Gasteiger partial charge in [0.15, 0.2) is 0 Å². The summed E-state index contributed by atoms with van der Waals surface area (Å²) < 4.78 is 17.1. The highest BCUT2D eigenvalue weighted by atomic mass is 16.5. The Bertz CT molecular complexity index is 1210. The van der Waals surface area contributed by atoms with Gasteiger partial charge in [0.1, 0.15) is 18.2 Å². The molecule has 2 aliphatic rings. The standard InChI is InChI=1S/C30H39N5O3/c1-3-36-18-19-37-17-16-34-12-14-35(15-13-34)29-27-10-8-24-20-25(38-21-23-6-4-22(2)5-7-23)9-11-26(24)28(27)32-30(31)33-29/h4-7,9,11,20H,3,8,10,12-19,21H2,1-2H3,(H2,31,32,33). The Morgan fingerprint density at radius 3 is 2.47 bits per heavy atom. The number of hydrogen-bond acceptors (Lipinski definition) is 8. The predicted molar refractivity (Wildman–Crippen MR) is 151 cm³/mol. The third-order valence-corrected chi connectivity index (χ3v) is 7.30. The average Bonchev–Trinajstić information content (AvgIpc) is 2.94. The van der Waals surface area contributed by atoms with Crippen molar-refractivity contribution in [2.75, 3.05) is 69.8 Å². The third kappa shape index (κ3) is 6.43. The van der Waals surface area contributed by atoms with E-state index in [0.717, 1.165) is 87.2 Å². The summed E-state index contributed by atoms with van der Waals surface area (Å²) in [6.45, 7) is 12.2. The molecule has 5 rings (SSSR count). The van der Waals surface area contributed by atoms with Crippen molar-refractivity contribution in [3.63, 3.8) is 0 Å². The molecule has 1 aromatic heterocycles. The van der Waals surface area contributed by atoms with Gasteiger partial charge in [-0.25, -0.2) is 4.98 Å². The number of nitrogens with zero attached hydrogens (tertiary/aromatic N) is 4. The number of aryl methyl sites for hydroxylation is 2. The molecule has 0 spiro atoms. The third-order valence-electron chi connectivity index (χ3n) is 7.30. The average molecular weight is 518 g/mol. The molecule has 0 bridgehead atoms. The maximum Gasteiger partial charge on any atom is 0.222 e. The second kappa shape index (κ2) is 12.6. The molecular weight excluding hydrogens is 478 g/mol.